The normalized spacial score (nSPS) is 23.4. The highest BCUT2D eigenvalue weighted by atomic mass is 16.4. The molecule has 0 aromatic heterocycles. The van der Waals surface area contributed by atoms with Crippen molar-refractivity contribution in [3.8, 4) is 0 Å². The molecular weight excluding hydrogens is 190 g/mol. The smallest absolute Gasteiger partial charge is 0.332 e. The maximum atomic E-state index is 10.7. The van der Waals surface area contributed by atoms with E-state index in [-0.39, 0.29) is 0 Å². The van der Waals surface area contributed by atoms with Crippen LogP contribution >= 0.6 is 0 Å². The van der Waals surface area contributed by atoms with Crippen LogP contribution in [0.25, 0.3) is 0 Å². The van der Waals surface area contributed by atoms with Crippen molar-refractivity contribution < 1.29 is 9.90 Å². The Hall–Kier alpha value is -0.830. The average molecular weight is 211 g/mol. The Kier molecular flexibility index (Phi) is 4.82. The van der Waals surface area contributed by atoms with Crippen molar-refractivity contribution in [3.63, 3.8) is 0 Å². The van der Waals surface area contributed by atoms with Crippen molar-refractivity contribution in [3.05, 3.63) is 12.2 Å². The quantitative estimate of drug-likeness (QED) is 0.725. The lowest BCUT2D eigenvalue weighted by molar-refractivity contribution is -0.132. The van der Waals surface area contributed by atoms with Crippen LogP contribution in [0.2, 0.25) is 0 Å². The predicted molar refractivity (Wildman–Crippen MR) is 60.9 cm³/mol. The number of hydrogen-bond acceptors (Lipinski definition) is 2. The molecule has 1 unspecified atom stereocenters. The Balaban J connectivity index is 2.55. The van der Waals surface area contributed by atoms with Crippen LogP contribution in [-0.4, -0.2) is 35.1 Å². The zero-order valence-corrected chi connectivity index (χ0v) is 9.54. The number of likely N-dealkylation sites (tertiary alicyclic amines) is 1. The number of carbonyl (C=O) groups is 1. The summed E-state index contributed by atoms with van der Waals surface area (Å²) in [6, 6.07) is 0.545. The fourth-order valence-electron chi connectivity index (χ4n) is 2.22. The van der Waals surface area contributed by atoms with Crippen LogP contribution in [0.3, 0.4) is 0 Å². The van der Waals surface area contributed by atoms with Gasteiger partial charge < -0.3 is 5.11 Å². The van der Waals surface area contributed by atoms with Crippen LogP contribution < -0.4 is 0 Å². The monoisotopic (exact) mass is 211 g/mol. The van der Waals surface area contributed by atoms with Crippen LogP contribution in [0.5, 0.6) is 0 Å². The van der Waals surface area contributed by atoms with Crippen LogP contribution in [0, 0.1) is 0 Å². The summed E-state index contributed by atoms with van der Waals surface area (Å²) in [4.78, 5) is 13.0. The first-order valence-electron chi connectivity index (χ1n) is 5.80. The Bertz CT molecular complexity index is 238. The molecule has 0 saturated carbocycles. The van der Waals surface area contributed by atoms with E-state index in [2.05, 4.69) is 18.4 Å². The summed E-state index contributed by atoms with van der Waals surface area (Å²) in [5.74, 6) is -0.867. The summed E-state index contributed by atoms with van der Waals surface area (Å²) in [7, 11) is 0. The van der Waals surface area contributed by atoms with E-state index in [0.717, 1.165) is 13.0 Å². The molecule has 3 heteroatoms. The van der Waals surface area contributed by atoms with Crippen LogP contribution in [-0.2, 0) is 4.79 Å². The highest BCUT2D eigenvalue weighted by molar-refractivity contribution is 5.86. The molecule has 1 heterocycles. The minimum atomic E-state index is -0.867. The maximum Gasteiger partial charge on any atom is 0.332 e. The van der Waals surface area contributed by atoms with E-state index in [1.807, 2.05) is 0 Å². The molecule has 1 atom stereocenters. The molecule has 0 radical (unpaired) electrons. The summed E-state index contributed by atoms with van der Waals surface area (Å²) >= 11 is 0. The zero-order chi connectivity index (χ0) is 11.3. The third kappa shape index (κ3) is 3.67. The third-order valence-corrected chi connectivity index (χ3v) is 3.17. The number of nitrogens with zero attached hydrogens (tertiary/aromatic N) is 1. The van der Waals surface area contributed by atoms with Crippen molar-refractivity contribution in [2.24, 2.45) is 0 Å². The molecule has 0 amide bonds. The molecule has 1 aliphatic rings. The fourth-order valence-corrected chi connectivity index (χ4v) is 2.22. The second kappa shape index (κ2) is 5.91. The average Bonchev–Trinajstić information content (AvgIpc) is 2.42. The summed E-state index contributed by atoms with van der Waals surface area (Å²) < 4.78 is 0. The number of hydrogen-bond donors (Lipinski definition) is 1. The molecular formula is C12H21NO2. The lowest BCUT2D eigenvalue weighted by Gasteiger charge is -2.28. The van der Waals surface area contributed by atoms with Gasteiger partial charge >= 0.3 is 5.97 Å². The first-order chi connectivity index (χ1) is 7.15. The summed E-state index contributed by atoms with van der Waals surface area (Å²) in [5, 5.41) is 8.82. The molecule has 1 rings (SSSR count). The van der Waals surface area contributed by atoms with Gasteiger partial charge in [0.05, 0.1) is 0 Å². The number of carboxylic acid groups (broad SMARTS) is 1. The Morgan fingerprint density at radius 1 is 1.47 bits per heavy atom. The molecule has 0 bridgehead atoms. The third-order valence-electron chi connectivity index (χ3n) is 3.17. The van der Waals surface area contributed by atoms with Gasteiger partial charge in [0.2, 0.25) is 0 Å². The summed E-state index contributed by atoms with van der Waals surface area (Å²) in [6.07, 6.45) is 6.03. The molecule has 15 heavy (non-hydrogen) atoms. The van der Waals surface area contributed by atoms with Crippen molar-refractivity contribution >= 4 is 5.97 Å². The Morgan fingerprint density at radius 3 is 2.80 bits per heavy atom. The lowest BCUT2D eigenvalue weighted by Crippen LogP contribution is -2.36. The molecule has 1 saturated heterocycles. The molecule has 0 aliphatic carbocycles. The molecule has 0 spiro atoms. The van der Waals surface area contributed by atoms with E-state index in [9.17, 15) is 4.79 Å². The largest absolute Gasteiger partial charge is 0.478 e. The highest BCUT2D eigenvalue weighted by Crippen LogP contribution is 2.19. The van der Waals surface area contributed by atoms with Gasteiger partial charge in [0, 0.05) is 18.2 Å². The fraction of sp³-hybridized carbons (Fsp3) is 0.750. The summed E-state index contributed by atoms with van der Waals surface area (Å²) in [5.41, 5.74) is 0.315. The van der Waals surface area contributed by atoms with Crippen molar-refractivity contribution in [1.82, 2.24) is 4.90 Å². The van der Waals surface area contributed by atoms with Gasteiger partial charge in [-0.1, -0.05) is 26.3 Å². The maximum absolute atomic E-state index is 10.7. The molecule has 3 nitrogen and oxygen atoms in total. The first kappa shape index (κ1) is 12.2. The lowest BCUT2D eigenvalue weighted by atomic mass is 10.1. The highest BCUT2D eigenvalue weighted by Gasteiger charge is 2.21. The van der Waals surface area contributed by atoms with Gasteiger partial charge in [-0.2, -0.15) is 0 Å². The molecule has 1 aliphatic heterocycles. The second-order valence-corrected chi connectivity index (χ2v) is 4.29. The van der Waals surface area contributed by atoms with Gasteiger partial charge in [0.25, 0.3) is 0 Å². The van der Waals surface area contributed by atoms with E-state index in [1.165, 1.54) is 25.7 Å². The van der Waals surface area contributed by atoms with E-state index >= 15 is 0 Å². The van der Waals surface area contributed by atoms with Crippen LogP contribution in [0.4, 0.5) is 0 Å². The van der Waals surface area contributed by atoms with Crippen molar-refractivity contribution in [1.29, 1.82) is 0 Å². The standard InChI is InChI=1S/C12H21NO2/c1-3-11-7-5-4-6-8-13(11)9-10(2)12(14)15/h11H,2-9H2,1H3,(H,14,15). The number of rotatable bonds is 4. The topological polar surface area (TPSA) is 40.5 Å². The Morgan fingerprint density at radius 2 is 2.20 bits per heavy atom. The van der Waals surface area contributed by atoms with Gasteiger partial charge in [0.15, 0.2) is 0 Å². The SMILES string of the molecule is C=C(CN1CCCCCC1CC)C(=O)O. The van der Waals surface area contributed by atoms with Crippen LogP contribution in [0.1, 0.15) is 39.0 Å². The first-order valence-corrected chi connectivity index (χ1v) is 5.80. The molecule has 86 valence electrons. The van der Waals surface area contributed by atoms with Gasteiger partial charge in [-0.3, -0.25) is 4.90 Å². The minimum absolute atomic E-state index is 0.315. The Labute approximate surface area is 91.8 Å². The number of aliphatic carboxylic acids is 1. The minimum Gasteiger partial charge on any atom is -0.478 e. The molecule has 1 fully saturated rings. The van der Waals surface area contributed by atoms with E-state index in [1.54, 1.807) is 0 Å². The van der Waals surface area contributed by atoms with Gasteiger partial charge in [-0.25, -0.2) is 4.79 Å². The van der Waals surface area contributed by atoms with Gasteiger partial charge in [-0.15, -0.1) is 0 Å². The van der Waals surface area contributed by atoms with E-state index in [4.69, 9.17) is 5.11 Å². The van der Waals surface area contributed by atoms with E-state index < -0.39 is 5.97 Å². The van der Waals surface area contributed by atoms with Crippen molar-refractivity contribution in [2.75, 3.05) is 13.1 Å². The molecule has 0 aromatic carbocycles. The zero-order valence-electron chi connectivity index (χ0n) is 9.54. The molecule has 0 aromatic rings. The summed E-state index contributed by atoms with van der Waals surface area (Å²) in [6.45, 7) is 7.32. The number of carboxylic acids is 1. The second-order valence-electron chi connectivity index (χ2n) is 4.29. The van der Waals surface area contributed by atoms with Gasteiger partial charge in [-0.05, 0) is 25.8 Å². The van der Waals surface area contributed by atoms with Crippen LogP contribution in [0.15, 0.2) is 12.2 Å². The van der Waals surface area contributed by atoms with Crippen molar-refractivity contribution in [2.45, 2.75) is 45.1 Å². The predicted octanol–water partition coefficient (Wildman–Crippen LogP) is 2.28. The van der Waals surface area contributed by atoms with E-state index in [0.29, 0.717) is 18.2 Å². The molecule has 1 N–H and O–H groups in total. The van der Waals surface area contributed by atoms with Gasteiger partial charge in [0.1, 0.15) is 0 Å².